The minimum Gasteiger partial charge on any atom is -0.368 e. The lowest BCUT2D eigenvalue weighted by atomic mass is 10.1. The van der Waals surface area contributed by atoms with Gasteiger partial charge in [-0.3, -0.25) is 9.69 Å². The second-order valence-corrected chi connectivity index (χ2v) is 7.80. The zero-order valence-corrected chi connectivity index (χ0v) is 16.9. The zero-order valence-electron chi connectivity index (χ0n) is 16.9. The Bertz CT molecular complexity index is 976. The van der Waals surface area contributed by atoms with Crippen LogP contribution in [0.15, 0.2) is 42.6 Å². The first-order chi connectivity index (χ1) is 13.5. The summed E-state index contributed by atoms with van der Waals surface area (Å²) in [7, 11) is 0. The van der Waals surface area contributed by atoms with Gasteiger partial charge in [0, 0.05) is 54.7 Å². The molecule has 2 N–H and O–H groups in total. The SMILES string of the molecule is Cc1cc(C)c(NC(=O)CN2CCN(c3cccc4[nH]ccc34)CC2)c(C)c1. The third-order valence-corrected chi connectivity index (χ3v) is 5.59. The van der Waals surface area contributed by atoms with E-state index in [2.05, 4.69) is 77.3 Å². The summed E-state index contributed by atoms with van der Waals surface area (Å²) in [6.07, 6.45) is 1.99. The molecule has 5 heteroatoms. The van der Waals surface area contributed by atoms with Crippen molar-refractivity contribution in [3.8, 4) is 0 Å². The number of aromatic amines is 1. The number of aromatic nitrogens is 1. The monoisotopic (exact) mass is 376 g/mol. The zero-order chi connectivity index (χ0) is 19.7. The van der Waals surface area contributed by atoms with Gasteiger partial charge in [-0.25, -0.2) is 0 Å². The highest BCUT2D eigenvalue weighted by Crippen LogP contribution is 2.27. The standard InChI is InChI=1S/C23H28N4O/c1-16-13-17(2)23(18(3)14-16)25-22(28)15-26-9-11-27(12-10-26)21-6-4-5-20-19(21)7-8-24-20/h4-8,13-14,24H,9-12,15H2,1-3H3,(H,25,28). The molecule has 0 aliphatic carbocycles. The Morgan fingerprint density at radius 1 is 1.04 bits per heavy atom. The fourth-order valence-electron chi connectivity index (χ4n) is 4.25. The highest BCUT2D eigenvalue weighted by molar-refractivity contribution is 5.94. The number of nitrogens with zero attached hydrogens (tertiary/aromatic N) is 2. The van der Waals surface area contributed by atoms with Gasteiger partial charge < -0.3 is 15.2 Å². The van der Waals surface area contributed by atoms with E-state index in [1.807, 2.05) is 6.20 Å². The summed E-state index contributed by atoms with van der Waals surface area (Å²) in [4.78, 5) is 20.5. The van der Waals surface area contributed by atoms with Crippen molar-refractivity contribution in [2.24, 2.45) is 0 Å². The van der Waals surface area contributed by atoms with Crippen LogP contribution in [0.2, 0.25) is 0 Å². The third kappa shape index (κ3) is 3.76. The predicted octanol–water partition coefficient (Wildman–Crippen LogP) is 3.85. The van der Waals surface area contributed by atoms with Crippen LogP contribution in [0.3, 0.4) is 0 Å². The molecule has 0 atom stereocenters. The number of benzene rings is 2. The van der Waals surface area contributed by atoms with Crippen LogP contribution in [-0.2, 0) is 4.79 Å². The van der Waals surface area contributed by atoms with Crippen molar-refractivity contribution in [2.75, 3.05) is 42.9 Å². The van der Waals surface area contributed by atoms with Crippen molar-refractivity contribution in [3.63, 3.8) is 0 Å². The summed E-state index contributed by atoms with van der Waals surface area (Å²) in [5.74, 6) is 0.0660. The van der Waals surface area contributed by atoms with Crippen LogP contribution in [0.4, 0.5) is 11.4 Å². The molecule has 2 heterocycles. The number of H-pyrrole nitrogens is 1. The lowest BCUT2D eigenvalue weighted by Gasteiger charge is -2.36. The van der Waals surface area contributed by atoms with Crippen LogP contribution < -0.4 is 10.2 Å². The van der Waals surface area contributed by atoms with Crippen molar-refractivity contribution in [1.29, 1.82) is 0 Å². The number of nitrogens with one attached hydrogen (secondary N) is 2. The van der Waals surface area contributed by atoms with Gasteiger partial charge in [-0.1, -0.05) is 23.8 Å². The number of hydrogen-bond donors (Lipinski definition) is 2. The molecule has 1 aliphatic rings. The number of fused-ring (bicyclic) bond motifs is 1. The van der Waals surface area contributed by atoms with Crippen molar-refractivity contribution in [2.45, 2.75) is 20.8 Å². The van der Waals surface area contributed by atoms with E-state index in [1.165, 1.54) is 22.2 Å². The first-order valence-electron chi connectivity index (χ1n) is 9.92. The van der Waals surface area contributed by atoms with Gasteiger partial charge in [-0.15, -0.1) is 0 Å². The molecule has 1 aromatic heterocycles. The molecule has 0 spiro atoms. The van der Waals surface area contributed by atoms with E-state index in [9.17, 15) is 4.79 Å². The minimum atomic E-state index is 0.0660. The molecule has 1 aliphatic heterocycles. The number of anilines is 2. The van der Waals surface area contributed by atoms with Crippen molar-refractivity contribution in [1.82, 2.24) is 9.88 Å². The maximum atomic E-state index is 12.6. The molecule has 1 fully saturated rings. The van der Waals surface area contributed by atoms with Crippen LogP contribution in [0.5, 0.6) is 0 Å². The van der Waals surface area contributed by atoms with Crippen molar-refractivity contribution >= 4 is 28.2 Å². The van der Waals surface area contributed by atoms with Gasteiger partial charge in [0.25, 0.3) is 0 Å². The number of aryl methyl sites for hydroxylation is 3. The summed E-state index contributed by atoms with van der Waals surface area (Å²) in [5.41, 5.74) is 6.86. The third-order valence-electron chi connectivity index (χ3n) is 5.59. The predicted molar refractivity (Wildman–Crippen MR) is 116 cm³/mol. The van der Waals surface area contributed by atoms with Crippen LogP contribution in [0.1, 0.15) is 16.7 Å². The summed E-state index contributed by atoms with van der Waals surface area (Å²) in [5, 5.41) is 4.38. The molecular formula is C23H28N4O. The van der Waals surface area contributed by atoms with Gasteiger partial charge in [0.15, 0.2) is 0 Å². The topological polar surface area (TPSA) is 51.4 Å². The van der Waals surface area contributed by atoms with E-state index < -0.39 is 0 Å². The molecule has 3 aromatic rings. The molecule has 5 nitrogen and oxygen atoms in total. The first kappa shape index (κ1) is 18.6. The van der Waals surface area contributed by atoms with E-state index in [0.29, 0.717) is 6.54 Å². The van der Waals surface area contributed by atoms with E-state index in [0.717, 1.165) is 43.0 Å². The van der Waals surface area contributed by atoms with Gasteiger partial charge in [-0.2, -0.15) is 0 Å². The molecule has 2 aromatic carbocycles. The molecule has 0 bridgehead atoms. The van der Waals surface area contributed by atoms with E-state index in [4.69, 9.17) is 0 Å². The second-order valence-electron chi connectivity index (χ2n) is 7.80. The summed E-state index contributed by atoms with van der Waals surface area (Å²) in [6, 6.07) is 12.7. The van der Waals surface area contributed by atoms with Crippen molar-refractivity contribution in [3.05, 3.63) is 59.3 Å². The molecular weight excluding hydrogens is 348 g/mol. The maximum absolute atomic E-state index is 12.6. The lowest BCUT2D eigenvalue weighted by molar-refractivity contribution is -0.117. The second kappa shape index (κ2) is 7.68. The molecule has 0 unspecified atom stereocenters. The molecule has 4 rings (SSSR count). The normalized spacial score (nSPS) is 15.2. The Kier molecular flexibility index (Phi) is 5.09. The van der Waals surface area contributed by atoms with Gasteiger partial charge in [0.1, 0.15) is 0 Å². The van der Waals surface area contributed by atoms with Crippen LogP contribution >= 0.6 is 0 Å². The van der Waals surface area contributed by atoms with Gasteiger partial charge in [-0.05, 0) is 50.1 Å². The Labute approximate surface area is 166 Å². The van der Waals surface area contributed by atoms with Gasteiger partial charge in [0.2, 0.25) is 5.91 Å². The Morgan fingerprint density at radius 2 is 1.75 bits per heavy atom. The number of piperazine rings is 1. The fourth-order valence-corrected chi connectivity index (χ4v) is 4.25. The number of amides is 1. The number of rotatable bonds is 4. The van der Waals surface area contributed by atoms with Crippen LogP contribution in [0.25, 0.3) is 10.9 Å². The van der Waals surface area contributed by atoms with Crippen molar-refractivity contribution < 1.29 is 4.79 Å². The number of carbonyl (C=O) groups is 1. The average Bonchev–Trinajstić information content (AvgIpc) is 3.14. The molecule has 146 valence electrons. The number of carbonyl (C=O) groups excluding carboxylic acids is 1. The molecule has 0 saturated carbocycles. The Hall–Kier alpha value is -2.79. The lowest BCUT2D eigenvalue weighted by Crippen LogP contribution is -2.48. The molecule has 28 heavy (non-hydrogen) atoms. The van der Waals surface area contributed by atoms with Gasteiger partial charge in [0.05, 0.1) is 6.54 Å². The van der Waals surface area contributed by atoms with E-state index in [1.54, 1.807) is 0 Å². The summed E-state index contributed by atoms with van der Waals surface area (Å²) < 4.78 is 0. The molecule has 1 amide bonds. The van der Waals surface area contributed by atoms with Crippen LogP contribution in [0, 0.1) is 20.8 Å². The summed E-state index contributed by atoms with van der Waals surface area (Å²) >= 11 is 0. The first-order valence-corrected chi connectivity index (χ1v) is 9.92. The molecule has 0 radical (unpaired) electrons. The van der Waals surface area contributed by atoms with E-state index in [-0.39, 0.29) is 5.91 Å². The molecule has 1 saturated heterocycles. The maximum Gasteiger partial charge on any atom is 0.238 e. The Morgan fingerprint density at radius 3 is 2.46 bits per heavy atom. The fraction of sp³-hybridized carbons (Fsp3) is 0.348. The highest BCUT2D eigenvalue weighted by Gasteiger charge is 2.21. The minimum absolute atomic E-state index is 0.0660. The average molecular weight is 377 g/mol. The summed E-state index contributed by atoms with van der Waals surface area (Å²) in [6.45, 7) is 10.3. The largest absolute Gasteiger partial charge is 0.368 e. The highest BCUT2D eigenvalue weighted by atomic mass is 16.2. The van der Waals surface area contributed by atoms with E-state index >= 15 is 0 Å². The van der Waals surface area contributed by atoms with Crippen LogP contribution in [-0.4, -0.2) is 48.5 Å². The quantitative estimate of drug-likeness (QED) is 0.727. The number of hydrogen-bond acceptors (Lipinski definition) is 3. The van der Waals surface area contributed by atoms with Gasteiger partial charge >= 0.3 is 0 Å². The Balaban J connectivity index is 1.36. The smallest absolute Gasteiger partial charge is 0.238 e.